The second-order valence-electron chi connectivity index (χ2n) is 15.1. The van der Waals surface area contributed by atoms with Crippen LogP contribution in [0.15, 0.2) is 206 Å². The van der Waals surface area contributed by atoms with E-state index in [2.05, 4.69) is 158 Å². The van der Waals surface area contributed by atoms with E-state index in [1.54, 1.807) is 0 Å². The molecular formula is C56H34N4. The Kier molecular flexibility index (Phi) is 8.50. The maximum absolute atomic E-state index is 10.2. The number of benzene rings is 10. The van der Waals surface area contributed by atoms with E-state index in [0.717, 1.165) is 55.3 Å². The van der Waals surface area contributed by atoms with Gasteiger partial charge >= 0.3 is 0 Å². The summed E-state index contributed by atoms with van der Waals surface area (Å²) in [6.07, 6.45) is 0. The molecule has 0 amide bonds. The van der Waals surface area contributed by atoms with Crippen LogP contribution in [0.2, 0.25) is 0 Å². The van der Waals surface area contributed by atoms with Gasteiger partial charge in [-0.3, -0.25) is 0 Å². The number of nitrogens with zero attached hydrogens (tertiary/aromatic N) is 4. The molecule has 60 heavy (non-hydrogen) atoms. The van der Waals surface area contributed by atoms with E-state index < -0.39 is 0 Å². The highest BCUT2D eigenvalue weighted by atomic mass is 15.0. The molecule has 1 aromatic heterocycles. The van der Waals surface area contributed by atoms with Crippen LogP contribution < -0.4 is 0 Å². The lowest BCUT2D eigenvalue weighted by Gasteiger charge is -2.16. The maximum atomic E-state index is 10.2. The summed E-state index contributed by atoms with van der Waals surface area (Å²) >= 11 is 0. The molecule has 0 atom stereocenters. The topological polar surface area (TPSA) is 62.5 Å². The summed E-state index contributed by atoms with van der Waals surface area (Å²) in [7, 11) is 0. The van der Waals surface area contributed by atoms with Crippen molar-refractivity contribution in [2.24, 2.45) is 0 Å². The van der Waals surface area contributed by atoms with E-state index in [-0.39, 0.29) is 0 Å². The van der Waals surface area contributed by atoms with Gasteiger partial charge < -0.3 is 0 Å². The molecule has 278 valence electrons. The van der Waals surface area contributed by atoms with Crippen molar-refractivity contribution in [1.82, 2.24) is 15.0 Å². The van der Waals surface area contributed by atoms with Crippen LogP contribution in [0.1, 0.15) is 5.56 Å². The molecule has 0 saturated carbocycles. The molecule has 11 rings (SSSR count). The highest BCUT2D eigenvalue weighted by Gasteiger charge is 2.19. The maximum Gasteiger partial charge on any atom is 0.164 e. The zero-order chi connectivity index (χ0) is 40.0. The Hall–Kier alpha value is -8.26. The number of aromatic nitrogens is 3. The average molecular weight is 763 g/mol. The predicted molar refractivity (Wildman–Crippen MR) is 247 cm³/mol. The first-order valence-corrected chi connectivity index (χ1v) is 20.1. The molecule has 0 aliphatic carbocycles. The summed E-state index contributed by atoms with van der Waals surface area (Å²) in [6.45, 7) is 0. The first-order valence-electron chi connectivity index (χ1n) is 20.1. The minimum absolute atomic E-state index is 0.555. The molecule has 0 fully saturated rings. The van der Waals surface area contributed by atoms with Gasteiger partial charge in [0.25, 0.3) is 0 Å². The van der Waals surface area contributed by atoms with Gasteiger partial charge in [0.1, 0.15) is 0 Å². The van der Waals surface area contributed by atoms with E-state index in [0.29, 0.717) is 23.0 Å². The SMILES string of the molecule is N#Cc1ccc(-c2ccc(-c3cccc4ccc5ccccc5c34)cc2)c(-c2ccccc2-c2nc(-c3ccccc3)nc(-c3ccc4ccc5ccccc5c4c3)n2)c1. The van der Waals surface area contributed by atoms with E-state index in [4.69, 9.17) is 15.0 Å². The normalized spacial score (nSPS) is 11.3. The molecule has 0 spiro atoms. The summed E-state index contributed by atoms with van der Waals surface area (Å²) in [6, 6.07) is 74.1. The highest BCUT2D eigenvalue weighted by molar-refractivity contribution is 6.14. The Morgan fingerprint density at radius 1 is 0.300 bits per heavy atom. The quantitative estimate of drug-likeness (QED) is 0.158. The lowest BCUT2D eigenvalue weighted by Crippen LogP contribution is -2.01. The first kappa shape index (κ1) is 34.9. The molecule has 0 aliphatic heterocycles. The molecule has 0 radical (unpaired) electrons. The Labute approximate surface area is 347 Å². The second-order valence-corrected chi connectivity index (χ2v) is 15.1. The van der Waals surface area contributed by atoms with Crippen molar-refractivity contribution in [3.8, 4) is 73.6 Å². The summed E-state index contributed by atoms with van der Waals surface area (Å²) in [5.74, 6) is 1.73. The first-order chi connectivity index (χ1) is 29.7. The van der Waals surface area contributed by atoms with Gasteiger partial charge in [-0.05, 0) is 94.7 Å². The number of rotatable bonds is 6. The summed E-state index contributed by atoms with van der Waals surface area (Å²) in [4.78, 5) is 15.5. The smallest absolute Gasteiger partial charge is 0.164 e. The summed E-state index contributed by atoms with van der Waals surface area (Å²) in [5.41, 5.74) is 9.47. The van der Waals surface area contributed by atoms with Crippen molar-refractivity contribution in [2.45, 2.75) is 0 Å². The van der Waals surface area contributed by atoms with Crippen LogP contribution in [0.25, 0.3) is 111 Å². The number of hydrogen-bond acceptors (Lipinski definition) is 4. The van der Waals surface area contributed by atoms with Gasteiger partial charge in [0.2, 0.25) is 0 Å². The van der Waals surface area contributed by atoms with E-state index >= 15 is 0 Å². The molecule has 0 unspecified atom stereocenters. The van der Waals surface area contributed by atoms with Gasteiger partial charge in [-0.1, -0.05) is 188 Å². The van der Waals surface area contributed by atoms with Gasteiger partial charge in [-0.15, -0.1) is 0 Å². The zero-order valence-electron chi connectivity index (χ0n) is 32.4. The predicted octanol–water partition coefficient (Wildman–Crippen LogP) is 14.4. The highest BCUT2D eigenvalue weighted by Crippen LogP contribution is 2.41. The minimum atomic E-state index is 0.555. The number of nitriles is 1. The Bertz CT molecular complexity index is 3490. The standard InChI is InChI=1S/C56H34N4/c57-35-36-21-32-46(39-23-25-40(26-24-39)48-20-10-15-42-30-28-38-12-5-7-17-47(38)53(42)48)52(33-36)49-18-8-9-19-50(49)56-59-54(43-13-2-1-3-14-43)58-55(60-56)44-31-29-41-27-22-37-11-4-6-16-45(37)51(41)34-44/h1-34H. The van der Waals surface area contributed by atoms with Crippen LogP contribution in [0.4, 0.5) is 0 Å². The number of fused-ring (bicyclic) bond motifs is 6. The monoisotopic (exact) mass is 762 g/mol. The van der Waals surface area contributed by atoms with Crippen LogP contribution in [0.5, 0.6) is 0 Å². The molecule has 0 aliphatic rings. The molecule has 4 heteroatoms. The van der Waals surface area contributed by atoms with Crippen LogP contribution in [0.3, 0.4) is 0 Å². The number of hydrogen-bond donors (Lipinski definition) is 0. The molecule has 11 aromatic rings. The fourth-order valence-electron chi connectivity index (χ4n) is 8.61. The van der Waals surface area contributed by atoms with Gasteiger partial charge in [-0.25, -0.2) is 15.0 Å². The third kappa shape index (κ3) is 6.14. The van der Waals surface area contributed by atoms with Gasteiger partial charge in [0.05, 0.1) is 11.6 Å². The molecule has 0 bridgehead atoms. The summed E-state index contributed by atoms with van der Waals surface area (Å²) in [5, 5.41) is 19.8. The van der Waals surface area contributed by atoms with E-state index in [1.807, 2.05) is 54.6 Å². The fraction of sp³-hybridized carbons (Fsp3) is 0. The Balaban J connectivity index is 1.06. The Morgan fingerprint density at radius 3 is 1.60 bits per heavy atom. The molecule has 0 N–H and O–H groups in total. The van der Waals surface area contributed by atoms with Crippen LogP contribution in [-0.4, -0.2) is 15.0 Å². The van der Waals surface area contributed by atoms with Gasteiger partial charge in [0, 0.05) is 16.7 Å². The average Bonchev–Trinajstić information content (AvgIpc) is 3.33. The van der Waals surface area contributed by atoms with E-state index in [1.165, 1.54) is 37.9 Å². The molecular weight excluding hydrogens is 729 g/mol. The van der Waals surface area contributed by atoms with Crippen molar-refractivity contribution in [3.63, 3.8) is 0 Å². The van der Waals surface area contributed by atoms with Crippen molar-refractivity contribution < 1.29 is 0 Å². The fourth-order valence-corrected chi connectivity index (χ4v) is 8.61. The van der Waals surface area contributed by atoms with Crippen molar-refractivity contribution in [3.05, 3.63) is 212 Å². The van der Waals surface area contributed by atoms with Crippen molar-refractivity contribution >= 4 is 43.1 Å². The van der Waals surface area contributed by atoms with Crippen LogP contribution in [0, 0.1) is 11.3 Å². The molecule has 10 aromatic carbocycles. The molecule has 1 heterocycles. The third-order valence-electron chi connectivity index (χ3n) is 11.6. The minimum Gasteiger partial charge on any atom is -0.208 e. The van der Waals surface area contributed by atoms with Crippen molar-refractivity contribution in [2.75, 3.05) is 0 Å². The second kappa shape index (κ2) is 14.6. The van der Waals surface area contributed by atoms with E-state index in [9.17, 15) is 5.26 Å². The van der Waals surface area contributed by atoms with Crippen molar-refractivity contribution in [1.29, 1.82) is 5.26 Å². The largest absolute Gasteiger partial charge is 0.208 e. The van der Waals surface area contributed by atoms with Gasteiger partial charge in [0.15, 0.2) is 17.5 Å². The lowest BCUT2D eigenvalue weighted by molar-refractivity contribution is 1.07. The van der Waals surface area contributed by atoms with Gasteiger partial charge in [-0.2, -0.15) is 5.26 Å². The molecule has 4 nitrogen and oxygen atoms in total. The Morgan fingerprint density at radius 2 is 0.833 bits per heavy atom. The summed E-state index contributed by atoms with van der Waals surface area (Å²) < 4.78 is 0. The third-order valence-corrected chi connectivity index (χ3v) is 11.6. The molecule has 0 saturated heterocycles. The lowest BCUT2D eigenvalue weighted by atomic mass is 9.89. The van der Waals surface area contributed by atoms with Crippen LogP contribution in [-0.2, 0) is 0 Å². The van der Waals surface area contributed by atoms with Crippen LogP contribution >= 0.6 is 0 Å². The zero-order valence-corrected chi connectivity index (χ0v) is 32.4.